The fourth-order valence-corrected chi connectivity index (χ4v) is 2.49. The van der Waals surface area contributed by atoms with Crippen molar-refractivity contribution >= 4 is 29.1 Å². The van der Waals surface area contributed by atoms with Crippen molar-refractivity contribution in [3.63, 3.8) is 0 Å². The predicted octanol–water partition coefficient (Wildman–Crippen LogP) is 4.08. The second-order valence-electron chi connectivity index (χ2n) is 4.30. The van der Waals surface area contributed by atoms with Crippen molar-refractivity contribution in [2.24, 2.45) is 5.92 Å². The van der Waals surface area contributed by atoms with Gasteiger partial charge in [-0.05, 0) is 24.5 Å². The van der Waals surface area contributed by atoms with Gasteiger partial charge in [0.05, 0.1) is 11.6 Å². The van der Waals surface area contributed by atoms with Gasteiger partial charge >= 0.3 is 0 Å². The molecule has 0 saturated carbocycles. The van der Waals surface area contributed by atoms with Crippen LogP contribution < -0.4 is 5.73 Å². The number of ether oxygens (including phenoxy) is 1. The molecule has 0 atom stereocenters. The molecule has 1 rings (SSSR count). The van der Waals surface area contributed by atoms with Crippen LogP contribution in [-0.4, -0.2) is 19.0 Å². The fraction of sp³-hybridized carbons (Fsp3) is 0.538. The summed E-state index contributed by atoms with van der Waals surface area (Å²) in [7, 11) is 0. The number of halogens is 1. The summed E-state index contributed by atoms with van der Waals surface area (Å²) in [4.78, 5) is 0.960. The van der Waals surface area contributed by atoms with Gasteiger partial charge in [0, 0.05) is 22.9 Å². The Morgan fingerprint density at radius 3 is 2.76 bits per heavy atom. The lowest BCUT2D eigenvalue weighted by Crippen LogP contribution is -2.02. The van der Waals surface area contributed by atoms with Gasteiger partial charge in [-0.15, -0.1) is 11.8 Å². The molecule has 0 bridgehead atoms. The van der Waals surface area contributed by atoms with E-state index in [1.807, 2.05) is 18.2 Å². The maximum atomic E-state index is 6.07. The minimum Gasteiger partial charge on any atom is -0.398 e. The highest BCUT2D eigenvalue weighted by atomic mass is 35.5. The topological polar surface area (TPSA) is 35.2 Å². The van der Waals surface area contributed by atoms with Crippen LogP contribution in [0, 0.1) is 5.92 Å². The van der Waals surface area contributed by atoms with Gasteiger partial charge in [0.2, 0.25) is 0 Å². The van der Waals surface area contributed by atoms with Crippen LogP contribution >= 0.6 is 23.4 Å². The van der Waals surface area contributed by atoms with E-state index in [-0.39, 0.29) is 0 Å². The molecule has 1 aromatic rings. The van der Waals surface area contributed by atoms with Crippen LogP contribution in [0.5, 0.6) is 0 Å². The fourth-order valence-electron chi connectivity index (χ4n) is 1.30. The van der Waals surface area contributed by atoms with Crippen LogP contribution in [0.25, 0.3) is 0 Å². The Kier molecular flexibility index (Phi) is 6.78. The Morgan fingerprint density at radius 2 is 2.12 bits per heavy atom. The predicted molar refractivity (Wildman–Crippen MR) is 76.9 cm³/mol. The molecule has 4 heteroatoms. The third-order valence-corrected chi connectivity index (χ3v) is 3.85. The van der Waals surface area contributed by atoms with E-state index in [9.17, 15) is 0 Å². The van der Waals surface area contributed by atoms with Gasteiger partial charge in [0.1, 0.15) is 0 Å². The second kappa shape index (κ2) is 7.85. The first-order valence-electron chi connectivity index (χ1n) is 5.85. The molecule has 0 aliphatic heterocycles. The molecule has 0 saturated heterocycles. The number of nitrogens with two attached hydrogens (primary N) is 1. The number of hydrogen-bond acceptors (Lipinski definition) is 3. The highest BCUT2D eigenvalue weighted by molar-refractivity contribution is 7.99. The Morgan fingerprint density at radius 1 is 1.35 bits per heavy atom. The molecule has 0 radical (unpaired) electrons. The van der Waals surface area contributed by atoms with Gasteiger partial charge in [-0.25, -0.2) is 0 Å². The van der Waals surface area contributed by atoms with E-state index in [2.05, 4.69) is 13.8 Å². The minimum absolute atomic E-state index is 0.696. The zero-order chi connectivity index (χ0) is 12.7. The lowest BCUT2D eigenvalue weighted by Gasteiger charge is -2.08. The van der Waals surface area contributed by atoms with Gasteiger partial charge in [-0.1, -0.05) is 31.5 Å². The van der Waals surface area contributed by atoms with E-state index in [1.165, 1.54) is 0 Å². The van der Waals surface area contributed by atoms with Gasteiger partial charge < -0.3 is 10.5 Å². The van der Waals surface area contributed by atoms with E-state index in [0.29, 0.717) is 5.92 Å². The Hall–Kier alpha value is -0.380. The van der Waals surface area contributed by atoms with Crippen LogP contribution in [0.15, 0.2) is 23.1 Å². The number of anilines is 1. The maximum absolute atomic E-state index is 6.07. The lowest BCUT2D eigenvalue weighted by atomic mass is 10.1. The molecule has 0 aliphatic rings. The van der Waals surface area contributed by atoms with Crippen LogP contribution in [0.2, 0.25) is 5.02 Å². The summed E-state index contributed by atoms with van der Waals surface area (Å²) in [5.41, 5.74) is 6.60. The van der Waals surface area contributed by atoms with Crippen molar-refractivity contribution in [1.29, 1.82) is 0 Å². The maximum Gasteiger partial charge on any atom is 0.0562 e. The molecule has 0 heterocycles. The first-order chi connectivity index (χ1) is 8.11. The van der Waals surface area contributed by atoms with Crippen LogP contribution in [0.4, 0.5) is 5.69 Å². The molecule has 0 amide bonds. The van der Waals surface area contributed by atoms with Crippen molar-refractivity contribution in [3.05, 3.63) is 23.2 Å². The smallest absolute Gasteiger partial charge is 0.0562 e. The zero-order valence-electron chi connectivity index (χ0n) is 10.4. The van der Waals surface area contributed by atoms with Gasteiger partial charge in [-0.2, -0.15) is 0 Å². The molecule has 0 aliphatic carbocycles. The molecule has 0 fully saturated rings. The number of hydrogen-bond donors (Lipinski definition) is 1. The summed E-state index contributed by atoms with van der Waals surface area (Å²) in [5.74, 6) is 1.58. The van der Waals surface area contributed by atoms with Crippen molar-refractivity contribution in [3.8, 4) is 0 Å². The van der Waals surface area contributed by atoms with Crippen LogP contribution in [0.1, 0.15) is 20.3 Å². The number of thioether (sulfide) groups is 1. The minimum atomic E-state index is 0.696. The van der Waals surface area contributed by atoms with E-state index < -0.39 is 0 Å². The number of nitrogen functional groups attached to an aromatic ring is 1. The summed E-state index contributed by atoms with van der Waals surface area (Å²) >= 11 is 7.72. The Bertz CT molecular complexity index is 324. The molecule has 2 nitrogen and oxygen atoms in total. The van der Waals surface area contributed by atoms with Gasteiger partial charge in [0.25, 0.3) is 0 Å². The van der Waals surface area contributed by atoms with Crippen LogP contribution in [-0.2, 0) is 4.74 Å². The molecule has 0 spiro atoms. The Labute approximate surface area is 113 Å². The summed E-state index contributed by atoms with van der Waals surface area (Å²) in [6.07, 6.45) is 1.11. The van der Waals surface area contributed by atoms with E-state index in [0.717, 1.165) is 41.0 Å². The largest absolute Gasteiger partial charge is 0.398 e. The molecule has 17 heavy (non-hydrogen) atoms. The third kappa shape index (κ3) is 5.66. The molecular formula is C13H20ClNOS. The monoisotopic (exact) mass is 273 g/mol. The van der Waals surface area contributed by atoms with E-state index in [4.69, 9.17) is 22.1 Å². The summed E-state index contributed by atoms with van der Waals surface area (Å²) in [5, 5.41) is 0.720. The number of rotatable bonds is 7. The molecule has 1 aromatic carbocycles. The first-order valence-corrected chi connectivity index (χ1v) is 7.22. The third-order valence-electron chi connectivity index (χ3n) is 2.31. The van der Waals surface area contributed by atoms with Crippen molar-refractivity contribution in [1.82, 2.24) is 0 Å². The van der Waals surface area contributed by atoms with Gasteiger partial charge in [0.15, 0.2) is 0 Å². The summed E-state index contributed by atoms with van der Waals surface area (Å²) in [6, 6.07) is 5.59. The standard InChI is InChI=1S/C13H20ClNOS/c1-10(2)6-7-16-8-9-17-13-11(14)4-3-5-12(13)15/h3-5,10H,6-9,15H2,1-2H3. The molecule has 2 N–H and O–H groups in total. The average Bonchev–Trinajstić information content (AvgIpc) is 2.26. The molecule has 0 unspecified atom stereocenters. The SMILES string of the molecule is CC(C)CCOCCSc1c(N)cccc1Cl. The lowest BCUT2D eigenvalue weighted by molar-refractivity contribution is 0.138. The highest BCUT2D eigenvalue weighted by Crippen LogP contribution is 2.32. The quantitative estimate of drug-likeness (QED) is 0.462. The zero-order valence-corrected chi connectivity index (χ0v) is 12.0. The van der Waals surface area contributed by atoms with Crippen molar-refractivity contribution < 1.29 is 4.74 Å². The van der Waals surface area contributed by atoms with Crippen LogP contribution in [0.3, 0.4) is 0 Å². The molecule has 0 aromatic heterocycles. The number of benzene rings is 1. The summed E-state index contributed by atoms with van der Waals surface area (Å²) in [6.45, 7) is 5.96. The first kappa shape index (κ1) is 14.7. The van der Waals surface area contributed by atoms with E-state index >= 15 is 0 Å². The summed E-state index contributed by atoms with van der Waals surface area (Å²) < 4.78 is 5.54. The second-order valence-corrected chi connectivity index (χ2v) is 5.81. The molecular weight excluding hydrogens is 254 g/mol. The normalized spacial score (nSPS) is 11.1. The van der Waals surface area contributed by atoms with E-state index in [1.54, 1.807) is 11.8 Å². The average molecular weight is 274 g/mol. The molecule has 96 valence electrons. The highest BCUT2D eigenvalue weighted by Gasteiger charge is 2.04. The van der Waals surface area contributed by atoms with Crippen molar-refractivity contribution in [2.75, 3.05) is 24.7 Å². The Balaban J connectivity index is 2.22. The van der Waals surface area contributed by atoms with Gasteiger partial charge in [-0.3, -0.25) is 0 Å². The van der Waals surface area contributed by atoms with Crippen molar-refractivity contribution in [2.45, 2.75) is 25.2 Å².